The third kappa shape index (κ3) is 2.28. The van der Waals surface area contributed by atoms with Gasteiger partial charge in [0.15, 0.2) is 0 Å². The van der Waals surface area contributed by atoms with Crippen molar-refractivity contribution in [2.45, 2.75) is 0 Å². The minimum atomic E-state index is -1.65. The van der Waals surface area contributed by atoms with Gasteiger partial charge in [0.2, 0.25) is 0 Å². The van der Waals surface area contributed by atoms with Gasteiger partial charge in [0.25, 0.3) is 0 Å². The minimum absolute atomic E-state index is 0.123. The zero-order chi connectivity index (χ0) is 10.0. The minimum Gasteiger partial charge on any atom is -0.497 e. The highest BCUT2D eigenvalue weighted by Crippen LogP contribution is 2.24. The van der Waals surface area contributed by atoms with Crippen LogP contribution >= 0.6 is 23.2 Å². The van der Waals surface area contributed by atoms with Crippen LogP contribution in [0.15, 0.2) is 12.1 Å². The Labute approximate surface area is 86.0 Å². The first-order valence-corrected chi connectivity index (χ1v) is 4.21. The Morgan fingerprint density at radius 1 is 1.31 bits per heavy atom. The lowest BCUT2D eigenvalue weighted by Gasteiger charge is -2.07. The van der Waals surface area contributed by atoms with Gasteiger partial charge in [-0.3, -0.25) is 0 Å². The van der Waals surface area contributed by atoms with Gasteiger partial charge in [-0.2, -0.15) is 0 Å². The topological polar surface area (TPSA) is 49.7 Å². The van der Waals surface area contributed by atoms with Gasteiger partial charge in [-0.1, -0.05) is 23.2 Å². The zero-order valence-electron chi connectivity index (χ0n) is 6.79. The number of benzene rings is 1. The van der Waals surface area contributed by atoms with Crippen LogP contribution in [-0.4, -0.2) is 24.3 Å². The fourth-order valence-electron chi connectivity index (χ4n) is 0.890. The lowest BCUT2D eigenvalue weighted by molar-refractivity contribution is 0.412. The van der Waals surface area contributed by atoms with Gasteiger partial charge < -0.3 is 14.8 Å². The number of rotatable bonds is 2. The van der Waals surface area contributed by atoms with Crippen molar-refractivity contribution in [1.82, 2.24) is 0 Å². The van der Waals surface area contributed by atoms with E-state index < -0.39 is 7.12 Å². The van der Waals surface area contributed by atoms with E-state index in [0.29, 0.717) is 5.75 Å². The molecule has 1 rings (SSSR count). The number of hydrogen-bond donors (Lipinski definition) is 2. The van der Waals surface area contributed by atoms with E-state index in [-0.39, 0.29) is 15.5 Å². The highest BCUT2D eigenvalue weighted by Gasteiger charge is 2.18. The fraction of sp³-hybridized carbons (Fsp3) is 0.143. The lowest BCUT2D eigenvalue weighted by atomic mass is 9.80. The van der Waals surface area contributed by atoms with Crippen molar-refractivity contribution in [1.29, 1.82) is 0 Å². The molecule has 0 bridgehead atoms. The smallest absolute Gasteiger partial charge is 0.490 e. The molecule has 0 aliphatic rings. The van der Waals surface area contributed by atoms with Crippen LogP contribution in [0.4, 0.5) is 0 Å². The van der Waals surface area contributed by atoms with Gasteiger partial charge in [-0.25, -0.2) is 0 Å². The highest BCUT2D eigenvalue weighted by atomic mass is 35.5. The predicted octanol–water partition coefficient (Wildman–Crippen LogP) is 0.682. The molecule has 0 saturated heterocycles. The average Bonchev–Trinajstić information content (AvgIpc) is 2.09. The summed E-state index contributed by atoms with van der Waals surface area (Å²) in [4.78, 5) is 0. The molecule has 0 aromatic heterocycles. The van der Waals surface area contributed by atoms with Crippen molar-refractivity contribution in [2.75, 3.05) is 7.11 Å². The Hall–Kier alpha value is -0.415. The van der Waals surface area contributed by atoms with Crippen LogP contribution in [0.2, 0.25) is 10.0 Å². The van der Waals surface area contributed by atoms with Crippen LogP contribution in [0, 0.1) is 0 Å². The summed E-state index contributed by atoms with van der Waals surface area (Å²) in [6.45, 7) is 0. The van der Waals surface area contributed by atoms with Crippen molar-refractivity contribution in [3.63, 3.8) is 0 Å². The van der Waals surface area contributed by atoms with Gasteiger partial charge >= 0.3 is 7.12 Å². The van der Waals surface area contributed by atoms with Crippen LogP contribution in [0.1, 0.15) is 0 Å². The second-order valence-electron chi connectivity index (χ2n) is 2.39. The fourth-order valence-corrected chi connectivity index (χ4v) is 1.31. The average molecular weight is 221 g/mol. The van der Waals surface area contributed by atoms with Gasteiger partial charge in [-0.15, -0.1) is 0 Å². The Bertz CT molecular complexity index is 317. The summed E-state index contributed by atoms with van der Waals surface area (Å²) in [6, 6.07) is 2.91. The number of halogens is 2. The summed E-state index contributed by atoms with van der Waals surface area (Å²) in [5.74, 6) is 0.428. The van der Waals surface area contributed by atoms with Crippen molar-refractivity contribution >= 4 is 35.8 Å². The van der Waals surface area contributed by atoms with Crippen molar-refractivity contribution in [3.8, 4) is 5.75 Å². The molecule has 0 aliphatic carbocycles. The molecule has 13 heavy (non-hydrogen) atoms. The lowest BCUT2D eigenvalue weighted by Crippen LogP contribution is -2.31. The molecule has 70 valence electrons. The van der Waals surface area contributed by atoms with E-state index >= 15 is 0 Å². The predicted molar refractivity (Wildman–Crippen MR) is 52.8 cm³/mol. The summed E-state index contributed by atoms with van der Waals surface area (Å²) in [7, 11) is -0.201. The molecular weight excluding hydrogens is 214 g/mol. The summed E-state index contributed by atoms with van der Waals surface area (Å²) in [6.07, 6.45) is 0. The summed E-state index contributed by atoms with van der Waals surface area (Å²) >= 11 is 11.4. The molecule has 0 spiro atoms. The number of ether oxygens (including phenoxy) is 1. The molecule has 0 saturated carbocycles. The molecule has 0 amide bonds. The van der Waals surface area contributed by atoms with E-state index in [1.54, 1.807) is 0 Å². The van der Waals surface area contributed by atoms with Crippen LogP contribution < -0.4 is 10.2 Å². The Morgan fingerprint density at radius 2 is 1.92 bits per heavy atom. The molecule has 1 aromatic rings. The Balaban J connectivity index is 3.25. The maximum Gasteiger partial charge on any atom is 0.490 e. The van der Waals surface area contributed by atoms with Crippen LogP contribution in [0.3, 0.4) is 0 Å². The molecule has 0 radical (unpaired) electrons. The molecule has 6 heteroatoms. The first kappa shape index (κ1) is 10.7. The third-order valence-corrected chi connectivity index (χ3v) is 2.36. The van der Waals surface area contributed by atoms with Gasteiger partial charge in [0.1, 0.15) is 5.75 Å². The Kier molecular flexibility index (Phi) is 3.44. The van der Waals surface area contributed by atoms with Crippen molar-refractivity contribution in [3.05, 3.63) is 22.2 Å². The van der Waals surface area contributed by atoms with E-state index in [2.05, 4.69) is 0 Å². The first-order chi connectivity index (χ1) is 6.06. The van der Waals surface area contributed by atoms with E-state index in [4.69, 9.17) is 38.0 Å². The van der Waals surface area contributed by atoms with Crippen molar-refractivity contribution < 1.29 is 14.8 Å². The highest BCUT2D eigenvalue weighted by molar-refractivity contribution is 6.64. The van der Waals surface area contributed by atoms with E-state index in [9.17, 15) is 0 Å². The number of hydrogen-bond acceptors (Lipinski definition) is 3. The van der Waals surface area contributed by atoms with Crippen LogP contribution in [-0.2, 0) is 0 Å². The summed E-state index contributed by atoms with van der Waals surface area (Å²) in [5, 5.41) is 18.2. The number of methoxy groups -OCH3 is 1. The van der Waals surface area contributed by atoms with Gasteiger partial charge in [0.05, 0.1) is 17.2 Å². The molecular formula is C7H7BCl2O3. The van der Waals surface area contributed by atoms with Crippen LogP contribution in [0.5, 0.6) is 5.75 Å². The maximum atomic E-state index is 8.91. The largest absolute Gasteiger partial charge is 0.497 e. The molecule has 0 fully saturated rings. The normalized spacial score (nSPS) is 9.92. The standard InChI is InChI=1S/C7H7BCl2O3/c1-13-4-2-5(8(11)12)7(10)6(9)3-4/h2-3,11-12H,1H3. The quantitative estimate of drug-likeness (QED) is 0.721. The van der Waals surface area contributed by atoms with Crippen molar-refractivity contribution in [2.24, 2.45) is 0 Å². The van der Waals surface area contributed by atoms with Crippen LogP contribution in [0.25, 0.3) is 0 Å². The second kappa shape index (κ2) is 4.20. The SMILES string of the molecule is COc1cc(Cl)c(Cl)c(B(O)O)c1. The summed E-state index contributed by atoms with van der Waals surface area (Å²) in [5.41, 5.74) is 0.131. The van der Waals surface area contributed by atoms with Gasteiger partial charge in [-0.05, 0) is 6.07 Å². The van der Waals surface area contributed by atoms with E-state index in [0.717, 1.165) is 0 Å². The molecule has 0 unspecified atom stereocenters. The Morgan fingerprint density at radius 3 is 2.38 bits per heavy atom. The third-order valence-electron chi connectivity index (χ3n) is 1.54. The maximum absolute atomic E-state index is 8.91. The van der Waals surface area contributed by atoms with E-state index in [1.807, 2.05) is 0 Å². The molecule has 3 nitrogen and oxygen atoms in total. The second-order valence-corrected chi connectivity index (χ2v) is 3.17. The molecule has 0 aliphatic heterocycles. The summed E-state index contributed by atoms with van der Waals surface area (Å²) < 4.78 is 4.88. The monoisotopic (exact) mass is 220 g/mol. The molecule has 2 N–H and O–H groups in total. The molecule has 0 atom stereocenters. The molecule has 0 heterocycles. The zero-order valence-corrected chi connectivity index (χ0v) is 8.30. The molecule has 1 aromatic carbocycles. The first-order valence-electron chi connectivity index (χ1n) is 3.45. The van der Waals surface area contributed by atoms with E-state index in [1.165, 1.54) is 19.2 Å². The van der Waals surface area contributed by atoms with Gasteiger partial charge in [0, 0.05) is 11.5 Å².